The maximum absolute atomic E-state index is 9.58. The predicted molar refractivity (Wildman–Crippen MR) is 97.9 cm³/mol. The van der Waals surface area contributed by atoms with Gasteiger partial charge >= 0.3 is 0 Å². The van der Waals surface area contributed by atoms with E-state index in [0.29, 0.717) is 47.7 Å². The second-order valence-corrected chi connectivity index (χ2v) is 5.36. The van der Waals surface area contributed by atoms with E-state index in [-0.39, 0.29) is 0 Å². The third-order valence-electron chi connectivity index (χ3n) is 3.29. The van der Waals surface area contributed by atoms with Gasteiger partial charge in [-0.2, -0.15) is 9.97 Å². The molecule has 4 N–H and O–H groups in total. The largest absolute Gasteiger partial charge is 0.392 e. The van der Waals surface area contributed by atoms with E-state index < -0.39 is 6.10 Å². The topological polar surface area (TPSA) is 111 Å². The molecule has 1 unspecified atom stereocenters. The first kappa shape index (κ1) is 17.7. The van der Waals surface area contributed by atoms with Crippen molar-refractivity contribution in [1.82, 2.24) is 19.9 Å². The normalized spacial score (nSPS) is 11.9. The highest BCUT2D eigenvalue weighted by Crippen LogP contribution is 2.27. The van der Waals surface area contributed by atoms with E-state index in [4.69, 9.17) is 0 Å². The van der Waals surface area contributed by atoms with Crippen LogP contribution in [0.5, 0.6) is 0 Å². The fourth-order valence-electron chi connectivity index (χ4n) is 2.24. The van der Waals surface area contributed by atoms with Gasteiger partial charge in [-0.25, -0.2) is 9.97 Å². The van der Waals surface area contributed by atoms with Crippen molar-refractivity contribution in [2.45, 2.75) is 13.0 Å². The number of aliphatic hydroxyl groups is 1. The summed E-state index contributed by atoms with van der Waals surface area (Å²) < 4.78 is 0. The molecule has 24 heavy (non-hydrogen) atoms. The summed E-state index contributed by atoms with van der Waals surface area (Å²) in [5.41, 5.74) is 1.21. The Balaban J connectivity index is 2.58. The van der Waals surface area contributed by atoms with Crippen LogP contribution in [0.2, 0.25) is 0 Å². The molecule has 0 amide bonds. The number of rotatable bonds is 8. The number of anilines is 4. The number of nitrogens with one attached hydrogen (secondary N) is 3. The molecule has 0 saturated heterocycles. The summed E-state index contributed by atoms with van der Waals surface area (Å²) in [5, 5.41) is 18.7. The van der Waals surface area contributed by atoms with Crippen molar-refractivity contribution < 1.29 is 5.11 Å². The standard InChI is InChI=1S/C15H24N8O/c1-6-7-18-14-19-10-11(12(16-3)21-14)20-15(22-13(10)17-4)23(5)8-9(2)24/h6,9,24H,1,7-8H2,2-5H3,(H,17,20,22)(H2,16,18,19,21). The third kappa shape index (κ3) is 3.80. The molecule has 0 radical (unpaired) electrons. The molecule has 2 aromatic rings. The quantitative estimate of drug-likeness (QED) is 0.524. The number of fused-ring (bicyclic) bond motifs is 1. The van der Waals surface area contributed by atoms with Gasteiger partial charge in [-0.3, -0.25) is 0 Å². The molecule has 9 nitrogen and oxygen atoms in total. The maximum Gasteiger partial charge on any atom is 0.227 e. The minimum absolute atomic E-state index is 0.420. The Labute approximate surface area is 141 Å². The van der Waals surface area contributed by atoms with Crippen LogP contribution in [0.15, 0.2) is 12.7 Å². The first-order valence-corrected chi connectivity index (χ1v) is 7.69. The van der Waals surface area contributed by atoms with Gasteiger partial charge in [0.25, 0.3) is 0 Å². The van der Waals surface area contributed by atoms with Gasteiger partial charge in [0, 0.05) is 34.2 Å². The molecule has 130 valence electrons. The summed E-state index contributed by atoms with van der Waals surface area (Å²) in [4.78, 5) is 19.8. The molecule has 0 spiro atoms. The van der Waals surface area contributed by atoms with Gasteiger partial charge in [0.15, 0.2) is 11.6 Å². The average molecular weight is 332 g/mol. The van der Waals surface area contributed by atoms with Crippen LogP contribution >= 0.6 is 0 Å². The number of hydrogen-bond acceptors (Lipinski definition) is 9. The Morgan fingerprint density at radius 1 is 1.12 bits per heavy atom. The summed E-state index contributed by atoms with van der Waals surface area (Å²) in [6.45, 7) is 6.37. The summed E-state index contributed by atoms with van der Waals surface area (Å²) in [6, 6.07) is 0. The summed E-state index contributed by atoms with van der Waals surface area (Å²) in [5.74, 6) is 2.14. The highest BCUT2D eigenvalue weighted by atomic mass is 16.3. The Morgan fingerprint density at radius 2 is 1.75 bits per heavy atom. The van der Waals surface area contributed by atoms with E-state index in [1.54, 1.807) is 32.0 Å². The molecular weight excluding hydrogens is 308 g/mol. The first-order valence-electron chi connectivity index (χ1n) is 7.69. The average Bonchev–Trinajstić information content (AvgIpc) is 2.57. The molecule has 0 bridgehead atoms. The van der Waals surface area contributed by atoms with Crippen LogP contribution in [0.3, 0.4) is 0 Å². The maximum atomic E-state index is 9.58. The second kappa shape index (κ2) is 7.73. The third-order valence-corrected chi connectivity index (χ3v) is 3.29. The lowest BCUT2D eigenvalue weighted by atomic mass is 10.3. The molecule has 0 aliphatic rings. The highest BCUT2D eigenvalue weighted by molar-refractivity contribution is 5.94. The molecule has 9 heteroatoms. The van der Waals surface area contributed by atoms with Crippen molar-refractivity contribution >= 4 is 34.6 Å². The molecule has 2 heterocycles. The molecule has 2 rings (SSSR count). The van der Waals surface area contributed by atoms with Crippen molar-refractivity contribution in [3.05, 3.63) is 12.7 Å². The van der Waals surface area contributed by atoms with Crippen molar-refractivity contribution in [3.8, 4) is 0 Å². The molecule has 0 fully saturated rings. The number of aromatic nitrogens is 4. The summed E-state index contributed by atoms with van der Waals surface area (Å²) in [7, 11) is 5.38. The number of aliphatic hydroxyl groups excluding tert-OH is 1. The summed E-state index contributed by atoms with van der Waals surface area (Å²) in [6.07, 6.45) is 1.24. The van der Waals surface area contributed by atoms with Crippen molar-refractivity contribution in [2.24, 2.45) is 0 Å². The Bertz CT molecular complexity index is 718. The lowest BCUT2D eigenvalue weighted by molar-refractivity contribution is 0.201. The monoisotopic (exact) mass is 332 g/mol. The zero-order valence-electron chi connectivity index (χ0n) is 14.5. The zero-order chi connectivity index (χ0) is 17.7. The van der Waals surface area contributed by atoms with Crippen LogP contribution in [0.4, 0.5) is 23.5 Å². The number of nitrogens with zero attached hydrogens (tertiary/aromatic N) is 5. The van der Waals surface area contributed by atoms with E-state index in [9.17, 15) is 5.11 Å². The van der Waals surface area contributed by atoms with E-state index in [2.05, 4.69) is 42.5 Å². The van der Waals surface area contributed by atoms with Gasteiger partial charge < -0.3 is 26.0 Å². The SMILES string of the molecule is C=CCNc1nc(NC)c2nc(N(C)CC(C)O)nc(NC)c2n1. The fourth-order valence-corrected chi connectivity index (χ4v) is 2.24. The van der Waals surface area contributed by atoms with Crippen LogP contribution in [0.25, 0.3) is 11.0 Å². The Morgan fingerprint density at radius 3 is 2.33 bits per heavy atom. The van der Waals surface area contributed by atoms with Crippen LogP contribution in [-0.2, 0) is 0 Å². The smallest absolute Gasteiger partial charge is 0.227 e. The van der Waals surface area contributed by atoms with E-state index in [1.165, 1.54) is 0 Å². The Kier molecular flexibility index (Phi) is 5.69. The zero-order valence-corrected chi connectivity index (χ0v) is 14.5. The molecule has 0 aliphatic heterocycles. The number of hydrogen-bond donors (Lipinski definition) is 4. The van der Waals surface area contributed by atoms with Gasteiger partial charge in [0.05, 0.1) is 6.10 Å². The molecule has 0 saturated carbocycles. The molecule has 2 aromatic heterocycles. The van der Waals surface area contributed by atoms with Crippen LogP contribution in [0.1, 0.15) is 6.92 Å². The van der Waals surface area contributed by atoms with Gasteiger partial charge in [-0.1, -0.05) is 6.08 Å². The number of likely N-dealkylation sites (N-methyl/N-ethyl adjacent to an activating group) is 1. The molecule has 0 aliphatic carbocycles. The predicted octanol–water partition coefficient (Wildman–Crippen LogP) is 0.918. The van der Waals surface area contributed by atoms with E-state index in [0.717, 1.165) is 0 Å². The Hall–Kier alpha value is -2.68. The lowest BCUT2D eigenvalue weighted by Gasteiger charge is -2.20. The van der Waals surface area contributed by atoms with Crippen LogP contribution in [0, 0.1) is 0 Å². The lowest BCUT2D eigenvalue weighted by Crippen LogP contribution is -2.28. The van der Waals surface area contributed by atoms with E-state index >= 15 is 0 Å². The minimum Gasteiger partial charge on any atom is -0.392 e. The van der Waals surface area contributed by atoms with Gasteiger partial charge in [-0.15, -0.1) is 6.58 Å². The van der Waals surface area contributed by atoms with Crippen LogP contribution in [-0.4, -0.2) is 65.4 Å². The van der Waals surface area contributed by atoms with Gasteiger partial charge in [0.2, 0.25) is 11.9 Å². The second-order valence-electron chi connectivity index (χ2n) is 5.36. The minimum atomic E-state index is -0.488. The molecule has 0 aromatic carbocycles. The fraction of sp³-hybridized carbons (Fsp3) is 0.467. The van der Waals surface area contributed by atoms with Gasteiger partial charge in [-0.05, 0) is 6.92 Å². The first-order chi connectivity index (χ1) is 11.5. The summed E-state index contributed by atoms with van der Waals surface area (Å²) >= 11 is 0. The molecule has 1 atom stereocenters. The van der Waals surface area contributed by atoms with E-state index in [1.807, 2.05) is 7.05 Å². The highest BCUT2D eigenvalue weighted by Gasteiger charge is 2.17. The van der Waals surface area contributed by atoms with Gasteiger partial charge in [0.1, 0.15) is 11.0 Å². The van der Waals surface area contributed by atoms with Crippen molar-refractivity contribution in [3.63, 3.8) is 0 Å². The van der Waals surface area contributed by atoms with Crippen molar-refractivity contribution in [1.29, 1.82) is 0 Å². The van der Waals surface area contributed by atoms with Crippen molar-refractivity contribution in [2.75, 3.05) is 55.1 Å². The van der Waals surface area contributed by atoms with Crippen LogP contribution < -0.4 is 20.9 Å². The molecular formula is C15H24N8O.